The lowest BCUT2D eigenvalue weighted by molar-refractivity contribution is 0.418. The molecule has 2 rings (SSSR count). The molecule has 2 nitrogen and oxygen atoms in total. The van der Waals surface area contributed by atoms with Crippen LogP contribution in [0.25, 0.3) is 0 Å². The topological polar surface area (TPSA) is 27.0 Å². The van der Waals surface area contributed by atoms with Crippen LogP contribution in [0, 0.1) is 16.7 Å². The van der Waals surface area contributed by atoms with Gasteiger partial charge in [-0.2, -0.15) is 5.26 Å². The number of hydrogen-bond acceptors (Lipinski definition) is 2. The summed E-state index contributed by atoms with van der Waals surface area (Å²) in [5.74, 6) is 0. The molecule has 0 bridgehead atoms. The Bertz CT molecular complexity index is 446. The van der Waals surface area contributed by atoms with Crippen LogP contribution in [-0.4, -0.2) is 13.1 Å². The molecule has 0 aliphatic carbocycles. The summed E-state index contributed by atoms with van der Waals surface area (Å²) in [6, 6.07) is 8.11. The average molecular weight is 279 g/mol. The minimum absolute atomic E-state index is 0.356. The molecule has 0 unspecified atom stereocenters. The summed E-state index contributed by atoms with van der Waals surface area (Å²) in [4.78, 5) is 2.31. The van der Waals surface area contributed by atoms with E-state index >= 15 is 0 Å². The summed E-state index contributed by atoms with van der Waals surface area (Å²) in [5.41, 5.74) is 2.18. The van der Waals surface area contributed by atoms with Crippen molar-refractivity contribution < 1.29 is 0 Å². The van der Waals surface area contributed by atoms with Crippen molar-refractivity contribution in [3.05, 3.63) is 28.2 Å². The molecule has 84 valence electrons. The monoisotopic (exact) mass is 278 g/mol. The molecule has 0 atom stereocenters. The maximum absolute atomic E-state index is 9.11. The number of nitrogens with zero attached hydrogens (tertiary/aromatic N) is 2. The SMILES string of the molecule is CC1(C)CCN(c2cc(Br)ccc2C#N)C1. The first kappa shape index (κ1) is 11.5. The van der Waals surface area contributed by atoms with Gasteiger partial charge in [0.05, 0.1) is 11.3 Å². The fourth-order valence-corrected chi connectivity index (χ4v) is 2.53. The summed E-state index contributed by atoms with van der Waals surface area (Å²) in [7, 11) is 0. The number of anilines is 1. The molecule has 0 spiro atoms. The maximum Gasteiger partial charge on any atom is 0.101 e. The summed E-state index contributed by atoms with van der Waals surface area (Å²) in [5, 5.41) is 9.11. The predicted octanol–water partition coefficient (Wildman–Crippen LogP) is 3.56. The van der Waals surface area contributed by atoms with Crippen LogP contribution in [0.4, 0.5) is 5.69 Å². The lowest BCUT2D eigenvalue weighted by Gasteiger charge is -2.22. The molecule has 1 aliphatic rings. The summed E-state index contributed by atoms with van der Waals surface area (Å²) in [6.45, 7) is 6.62. The Hall–Kier alpha value is -1.01. The highest BCUT2D eigenvalue weighted by molar-refractivity contribution is 9.10. The van der Waals surface area contributed by atoms with Gasteiger partial charge in [0.1, 0.15) is 6.07 Å². The van der Waals surface area contributed by atoms with E-state index in [2.05, 4.69) is 40.7 Å². The smallest absolute Gasteiger partial charge is 0.101 e. The van der Waals surface area contributed by atoms with Gasteiger partial charge in [-0.1, -0.05) is 29.8 Å². The predicted molar refractivity (Wildman–Crippen MR) is 69.5 cm³/mol. The maximum atomic E-state index is 9.11. The first-order valence-corrected chi connectivity index (χ1v) is 6.26. The molecule has 1 fully saturated rings. The molecule has 1 aromatic carbocycles. The third-order valence-electron chi connectivity index (χ3n) is 3.10. The average Bonchev–Trinajstić information content (AvgIpc) is 2.59. The fraction of sp³-hybridized carbons (Fsp3) is 0.462. The normalized spacial score (nSPS) is 18.5. The zero-order valence-corrected chi connectivity index (χ0v) is 11.2. The summed E-state index contributed by atoms with van der Waals surface area (Å²) in [6.07, 6.45) is 1.18. The summed E-state index contributed by atoms with van der Waals surface area (Å²) < 4.78 is 1.03. The molecular formula is C13H15BrN2. The number of rotatable bonds is 1. The minimum atomic E-state index is 0.356. The van der Waals surface area contributed by atoms with Crippen LogP contribution in [0.5, 0.6) is 0 Å². The first-order valence-electron chi connectivity index (χ1n) is 5.46. The van der Waals surface area contributed by atoms with Gasteiger partial charge in [-0.05, 0) is 30.0 Å². The fourth-order valence-electron chi connectivity index (χ4n) is 2.18. The van der Waals surface area contributed by atoms with Crippen molar-refractivity contribution in [1.82, 2.24) is 0 Å². The quantitative estimate of drug-likeness (QED) is 0.786. The number of nitriles is 1. The van der Waals surface area contributed by atoms with Crippen molar-refractivity contribution in [3.8, 4) is 6.07 Å². The van der Waals surface area contributed by atoms with E-state index in [0.29, 0.717) is 5.41 Å². The Morgan fingerprint density at radius 1 is 1.44 bits per heavy atom. The number of benzene rings is 1. The largest absolute Gasteiger partial charge is 0.370 e. The highest BCUT2D eigenvalue weighted by Gasteiger charge is 2.30. The molecule has 0 saturated carbocycles. The van der Waals surface area contributed by atoms with E-state index in [4.69, 9.17) is 5.26 Å². The van der Waals surface area contributed by atoms with Crippen molar-refractivity contribution >= 4 is 21.6 Å². The van der Waals surface area contributed by atoms with Crippen molar-refractivity contribution in [2.75, 3.05) is 18.0 Å². The molecule has 0 aromatic heterocycles. The first-order chi connectivity index (χ1) is 7.52. The molecule has 0 N–H and O–H groups in total. The van der Waals surface area contributed by atoms with Crippen LogP contribution >= 0.6 is 15.9 Å². The molecule has 1 heterocycles. The van der Waals surface area contributed by atoms with E-state index in [-0.39, 0.29) is 0 Å². The highest BCUT2D eigenvalue weighted by Crippen LogP contribution is 2.35. The van der Waals surface area contributed by atoms with Crippen LogP contribution in [0.3, 0.4) is 0 Å². The molecule has 1 aliphatic heterocycles. The molecule has 0 radical (unpaired) electrons. The Morgan fingerprint density at radius 2 is 2.19 bits per heavy atom. The molecule has 0 amide bonds. The van der Waals surface area contributed by atoms with Crippen molar-refractivity contribution in [1.29, 1.82) is 5.26 Å². The standard InChI is InChI=1S/C13H15BrN2/c1-13(2)5-6-16(9-13)12-7-11(14)4-3-10(12)8-15/h3-4,7H,5-6,9H2,1-2H3. The van der Waals surface area contributed by atoms with Gasteiger partial charge in [-0.15, -0.1) is 0 Å². The Morgan fingerprint density at radius 3 is 2.75 bits per heavy atom. The van der Waals surface area contributed by atoms with Crippen LogP contribution in [0.2, 0.25) is 0 Å². The molecule has 1 aromatic rings. The Labute approximate surface area is 105 Å². The van der Waals surface area contributed by atoms with E-state index < -0.39 is 0 Å². The highest BCUT2D eigenvalue weighted by atomic mass is 79.9. The zero-order chi connectivity index (χ0) is 11.8. The number of halogens is 1. The second-order valence-electron chi connectivity index (χ2n) is 5.11. The second kappa shape index (κ2) is 4.10. The lowest BCUT2D eigenvalue weighted by atomic mass is 9.93. The molecule has 3 heteroatoms. The van der Waals surface area contributed by atoms with E-state index in [1.165, 1.54) is 6.42 Å². The van der Waals surface area contributed by atoms with Gasteiger partial charge in [-0.25, -0.2) is 0 Å². The van der Waals surface area contributed by atoms with Gasteiger partial charge in [0.25, 0.3) is 0 Å². The molecule has 16 heavy (non-hydrogen) atoms. The van der Waals surface area contributed by atoms with E-state index in [0.717, 1.165) is 28.8 Å². The van der Waals surface area contributed by atoms with Gasteiger partial charge in [0.15, 0.2) is 0 Å². The Kier molecular flexibility index (Phi) is 2.94. The van der Waals surface area contributed by atoms with Gasteiger partial charge < -0.3 is 4.90 Å². The minimum Gasteiger partial charge on any atom is -0.370 e. The van der Waals surface area contributed by atoms with Crippen LogP contribution < -0.4 is 4.90 Å². The van der Waals surface area contributed by atoms with Crippen molar-refractivity contribution in [3.63, 3.8) is 0 Å². The van der Waals surface area contributed by atoms with Crippen LogP contribution in [0.15, 0.2) is 22.7 Å². The second-order valence-corrected chi connectivity index (χ2v) is 6.02. The van der Waals surface area contributed by atoms with Gasteiger partial charge in [0, 0.05) is 17.6 Å². The van der Waals surface area contributed by atoms with E-state index in [1.807, 2.05) is 18.2 Å². The molecule has 1 saturated heterocycles. The van der Waals surface area contributed by atoms with Crippen LogP contribution in [0.1, 0.15) is 25.8 Å². The van der Waals surface area contributed by atoms with E-state index in [1.54, 1.807) is 0 Å². The molecular weight excluding hydrogens is 264 g/mol. The third-order valence-corrected chi connectivity index (χ3v) is 3.59. The summed E-state index contributed by atoms with van der Waals surface area (Å²) >= 11 is 3.47. The third kappa shape index (κ3) is 2.22. The van der Waals surface area contributed by atoms with E-state index in [9.17, 15) is 0 Å². The van der Waals surface area contributed by atoms with Gasteiger partial charge >= 0.3 is 0 Å². The lowest BCUT2D eigenvalue weighted by Crippen LogP contribution is -2.23. The number of hydrogen-bond donors (Lipinski definition) is 0. The Balaban J connectivity index is 2.34. The van der Waals surface area contributed by atoms with Crippen molar-refractivity contribution in [2.24, 2.45) is 5.41 Å². The van der Waals surface area contributed by atoms with Gasteiger partial charge in [-0.3, -0.25) is 0 Å². The van der Waals surface area contributed by atoms with Crippen molar-refractivity contribution in [2.45, 2.75) is 20.3 Å². The zero-order valence-electron chi connectivity index (χ0n) is 9.63. The van der Waals surface area contributed by atoms with Gasteiger partial charge in [0.2, 0.25) is 0 Å². The van der Waals surface area contributed by atoms with Crippen LogP contribution in [-0.2, 0) is 0 Å².